The summed E-state index contributed by atoms with van der Waals surface area (Å²) in [6.45, 7) is 22.7. The average molecular weight is 1040 g/mol. The monoisotopic (exact) mass is 1040 g/mol. The molecule has 0 amide bonds. The molecule has 0 spiro atoms. The zero-order chi connectivity index (χ0) is 53.6. The van der Waals surface area contributed by atoms with Crippen LogP contribution in [0.5, 0.6) is 0 Å². The van der Waals surface area contributed by atoms with Gasteiger partial charge in [0.05, 0.1) is 55.6 Å². The number of pyridine rings is 1. The molecule has 1 atom stereocenters. The molecule has 5 aliphatic rings. The number of aromatic nitrogens is 1. The molecule has 0 aliphatic carbocycles. The second-order valence-electron chi connectivity index (χ2n) is 20.0. The zero-order valence-corrected chi connectivity index (χ0v) is 48.8. The van der Waals surface area contributed by atoms with Crippen molar-refractivity contribution in [3.63, 3.8) is 0 Å². The summed E-state index contributed by atoms with van der Waals surface area (Å²) in [6.07, 6.45) is 25.8. The van der Waals surface area contributed by atoms with Crippen LogP contribution in [-0.2, 0) is 12.8 Å². The Morgan fingerprint density at radius 1 is 0.513 bits per heavy atom. The van der Waals surface area contributed by atoms with E-state index in [1.54, 1.807) is 28.9 Å². The van der Waals surface area contributed by atoms with Crippen molar-refractivity contribution in [2.75, 3.05) is 0 Å². The van der Waals surface area contributed by atoms with Crippen molar-refractivity contribution in [3.05, 3.63) is 143 Å². The molecule has 3 aromatic heterocycles. The van der Waals surface area contributed by atoms with Crippen molar-refractivity contribution in [1.82, 2.24) is 4.98 Å². The molecule has 5 nitrogen and oxygen atoms in total. The van der Waals surface area contributed by atoms with E-state index >= 15 is 0 Å². The molecular formula is C69H77N5S2. The minimum atomic E-state index is 0.0328. The zero-order valence-electron chi connectivity index (χ0n) is 47.2. The van der Waals surface area contributed by atoms with E-state index in [0.29, 0.717) is 0 Å². The van der Waals surface area contributed by atoms with Crippen molar-refractivity contribution in [2.24, 2.45) is 20.0 Å². The van der Waals surface area contributed by atoms with E-state index in [4.69, 9.17) is 20.0 Å². The highest BCUT2D eigenvalue weighted by Crippen LogP contribution is 2.43. The molecule has 1 unspecified atom stereocenters. The van der Waals surface area contributed by atoms with E-state index in [2.05, 4.69) is 146 Å². The smallest absolute Gasteiger partial charge is 0.114 e. The first kappa shape index (κ1) is 55.9. The topological polar surface area (TPSA) is 62.3 Å². The molecule has 8 rings (SSSR count). The van der Waals surface area contributed by atoms with E-state index in [1.807, 2.05) is 18.2 Å². The number of hydrogen-bond donors (Lipinski definition) is 0. The summed E-state index contributed by atoms with van der Waals surface area (Å²) in [5, 5.41) is 0. The van der Waals surface area contributed by atoms with Crippen molar-refractivity contribution >= 4 is 45.5 Å². The van der Waals surface area contributed by atoms with Crippen LogP contribution >= 0.6 is 22.7 Å². The fourth-order valence-corrected chi connectivity index (χ4v) is 13.7. The van der Waals surface area contributed by atoms with Gasteiger partial charge in [-0.15, -0.1) is 22.7 Å². The number of hydrogen-bond acceptors (Lipinski definition) is 7. The summed E-state index contributed by atoms with van der Waals surface area (Å²) in [5.74, 6) is 27.0. The van der Waals surface area contributed by atoms with Gasteiger partial charge < -0.3 is 0 Å². The second-order valence-corrected chi connectivity index (χ2v) is 22.1. The van der Waals surface area contributed by atoms with Gasteiger partial charge in [0.2, 0.25) is 0 Å². The van der Waals surface area contributed by atoms with E-state index in [1.165, 1.54) is 104 Å². The van der Waals surface area contributed by atoms with Crippen molar-refractivity contribution in [1.29, 1.82) is 0 Å². The van der Waals surface area contributed by atoms with Gasteiger partial charge in [-0.25, -0.2) is 15.0 Å². The SMILES string of the molecule is CCCCCCc1cc(-c2cc(CCCCCC)c(C#CC#Cc3ccccn3)s2)sc1C#CC#C/C1=C2/N=C(CC3N=C(/C=C4N=C(/C=C5N=C1C(CC)=C\5CC)C(CC)=C\4CC)C(CC)=C3CC)C(CC)=C2CC. The Balaban J connectivity index is 1.26. The second kappa shape index (κ2) is 27.1. The van der Waals surface area contributed by atoms with Crippen LogP contribution < -0.4 is 0 Å². The molecule has 0 aromatic carbocycles. The lowest BCUT2D eigenvalue weighted by atomic mass is 9.89. The molecule has 5 aliphatic heterocycles. The summed E-state index contributed by atoms with van der Waals surface area (Å²) >= 11 is 3.58. The maximum Gasteiger partial charge on any atom is 0.114 e. The molecule has 390 valence electrons. The van der Waals surface area contributed by atoms with Gasteiger partial charge in [-0.05, 0) is 217 Å². The molecule has 3 aromatic rings. The number of fused-ring (bicyclic) bond motifs is 4. The summed E-state index contributed by atoms with van der Waals surface area (Å²) in [6, 6.07) is 10.6. The maximum absolute atomic E-state index is 5.67. The minimum absolute atomic E-state index is 0.0328. The third-order valence-electron chi connectivity index (χ3n) is 15.3. The fraction of sp³-hybridized carbons (Fsp3) is 0.435. The normalized spacial score (nSPS) is 19.2. The Morgan fingerprint density at radius 3 is 1.64 bits per heavy atom. The first-order chi connectivity index (χ1) is 37.3. The van der Waals surface area contributed by atoms with E-state index < -0.39 is 0 Å². The van der Waals surface area contributed by atoms with Gasteiger partial charge in [-0.2, -0.15) is 0 Å². The van der Waals surface area contributed by atoms with Gasteiger partial charge >= 0.3 is 0 Å². The predicted octanol–water partition coefficient (Wildman–Crippen LogP) is 18.0. The standard InChI is InChI=1S/C69H77N5S2/c1-11-21-23-25-33-46-41-66(75-64(46)38-29-27-35-48-36-31-32-40-70-48)67-42-47(34-26-24-22-12-2)65(76-67)39-30-28-37-57-68-55(19-9)53(17-7)62(73-68)44-60-51(15-5)49(13-3)58(71-60)43-59-50(14-4)52(16-6)61(72-59)45-63-54(18-8)56(20-10)69(57)74-63/h31-32,36,40-44,61H,11-26,33-34,45H2,1-10H3/b58-43-,62-44-,69-57-. The number of nitrogens with zero attached hydrogens (tertiary/aromatic N) is 5. The van der Waals surface area contributed by atoms with Crippen LogP contribution in [0.15, 0.2) is 136 Å². The van der Waals surface area contributed by atoms with Gasteiger partial charge in [0.15, 0.2) is 0 Å². The number of rotatable bonds is 19. The lowest BCUT2D eigenvalue weighted by molar-refractivity contribution is 0.667. The highest BCUT2D eigenvalue weighted by atomic mass is 32.1. The fourth-order valence-electron chi connectivity index (χ4n) is 11.5. The molecule has 0 saturated carbocycles. The van der Waals surface area contributed by atoms with Crippen LogP contribution in [0.2, 0.25) is 0 Å². The summed E-state index contributed by atoms with van der Waals surface area (Å²) < 4.78 is 0. The molecule has 0 radical (unpaired) electrons. The number of unbranched alkanes of at least 4 members (excludes halogenated alkanes) is 6. The molecule has 0 saturated heterocycles. The van der Waals surface area contributed by atoms with Crippen LogP contribution in [0, 0.1) is 47.4 Å². The van der Waals surface area contributed by atoms with Crippen LogP contribution in [0.25, 0.3) is 9.75 Å². The quantitative estimate of drug-likeness (QED) is 0.0872. The number of allylic oxidation sites excluding steroid dienone is 10. The summed E-state index contributed by atoms with van der Waals surface area (Å²) in [7, 11) is 0. The first-order valence-corrected chi connectivity index (χ1v) is 30.5. The van der Waals surface area contributed by atoms with E-state index in [0.717, 1.165) is 144 Å². The number of thiophene rings is 2. The lowest BCUT2D eigenvalue weighted by Crippen LogP contribution is -2.13. The maximum atomic E-state index is 5.67. The highest BCUT2D eigenvalue weighted by molar-refractivity contribution is 7.22. The van der Waals surface area contributed by atoms with Crippen molar-refractivity contribution in [3.8, 4) is 57.1 Å². The molecule has 8 bridgehead atoms. The molecule has 0 fully saturated rings. The third-order valence-corrected chi connectivity index (χ3v) is 17.7. The molecular weight excluding hydrogens is 963 g/mol. The van der Waals surface area contributed by atoms with Gasteiger partial charge in [0, 0.05) is 28.1 Å². The van der Waals surface area contributed by atoms with E-state index in [-0.39, 0.29) is 6.04 Å². The highest BCUT2D eigenvalue weighted by Gasteiger charge is 2.34. The molecule has 76 heavy (non-hydrogen) atoms. The van der Waals surface area contributed by atoms with Crippen molar-refractivity contribution < 1.29 is 0 Å². The van der Waals surface area contributed by atoms with Crippen LogP contribution in [-0.4, -0.2) is 33.9 Å². The van der Waals surface area contributed by atoms with Gasteiger partial charge in [0.1, 0.15) is 5.69 Å². The van der Waals surface area contributed by atoms with Crippen LogP contribution in [0.4, 0.5) is 0 Å². The predicted molar refractivity (Wildman–Crippen MR) is 328 cm³/mol. The number of aliphatic imine (C=N–C) groups is 4. The Hall–Kier alpha value is -6.35. The largest absolute Gasteiger partial charge is 0.277 e. The van der Waals surface area contributed by atoms with Gasteiger partial charge in [0.25, 0.3) is 0 Å². The molecule has 0 N–H and O–H groups in total. The average Bonchev–Trinajstić information content (AvgIpc) is 4.30. The Labute approximate surface area is 464 Å². The molecule has 8 heterocycles. The van der Waals surface area contributed by atoms with Gasteiger partial charge in [-0.3, -0.25) is 9.98 Å². The van der Waals surface area contributed by atoms with Crippen LogP contribution in [0.3, 0.4) is 0 Å². The first-order valence-electron chi connectivity index (χ1n) is 28.9. The van der Waals surface area contributed by atoms with Crippen molar-refractivity contribution in [2.45, 2.75) is 197 Å². The third kappa shape index (κ3) is 12.4. The van der Waals surface area contributed by atoms with Gasteiger partial charge in [-0.1, -0.05) is 114 Å². The molecule has 7 heteroatoms. The van der Waals surface area contributed by atoms with E-state index in [9.17, 15) is 0 Å². The number of aryl methyl sites for hydroxylation is 2. The Morgan fingerprint density at radius 2 is 1.08 bits per heavy atom. The lowest BCUT2D eigenvalue weighted by Gasteiger charge is -2.14. The summed E-state index contributed by atoms with van der Waals surface area (Å²) in [5.41, 5.74) is 21.9. The summed E-state index contributed by atoms with van der Waals surface area (Å²) in [4.78, 5) is 31.3. The van der Waals surface area contributed by atoms with Crippen LogP contribution in [0.1, 0.15) is 205 Å². The Bertz CT molecular complexity index is 3340. The minimum Gasteiger partial charge on any atom is -0.277 e. The Kier molecular flexibility index (Phi) is 19.9.